The van der Waals surface area contributed by atoms with Gasteiger partial charge in [0.05, 0.1) is 5.75 Å². The smallest absolute Gasteiger partial charge is 0.242 e. The highest BCUT2D eigenvalue weighted by Crippen LogP contribution is 2.27. The number of para-hydroxylation sites is 1. The first-order valence-corrected chi connectivity index (χ1v) is 10.3. The minimum Gasteiger partial charge on any atom is -0.311 e. The molecular weight excluding hydrogens is 334 g/mol. The van der Waals surface area contributed by atoms with Gasteiger partial charge in [-0.05, 0) is 43.9 Å². The molecule has 0 aromatic heterocycles. The van der Waals surface area contributed by atoms with Crippen LogP contribution >= 0.6 is 0 Å². The molecule has 3 rings (SSSR count). The Morgan fingerprint density at radius 1 is 1.08 bits per heavy atom. The Morgan fingerprint density at radius 2 is 1.76 bits per heavy atom. The van der Waals surface area contributed by atoms with Crippen LogP contribution in [0.4, 0.5) is 5.69 Å². The van der Waals surface area contributed by atoms with Gasteiger partial charge in [-0.3, -0.25) is 4.79 Å². The average Bonchev–Trinajstić information content (AvgIpc) is 2.52. The van der Waals surface area contributed by atoms with E-state index in [0.29, 0.717) is 6.54 Å². The van der Waals surface area contributed by atoms with Gasteiger partial charge >= 0.3 is 0 Å². The van der Waals surface area contributed by atoms with Crippen molar-refractivity contribution in [3.63, 3.8) is 0 Å². The molecule has 0 atom stereocenters. The molecule has 0 bridgehead atoms. The molecule has 1 aliphatic heterocycles. The quantitative estimate of drug-likeness (QED) is 0.844. The van der Waals surface area contributed by atoms with Gasteiger partial charge in [-0.25, -0.2) is 8.42 Å². The molecule has 2 aromatic carbocycles. The second-order valence-electron chi connectivity index (χ2n) is 6.81. The standard InChI is InChI=1S/C20H23NO3S/c1-15-10-16(2)12-17(11-15)13-25(23,24)14-20(22)21-9-5-7-18-6-3-4-8-19(18)21/h3-4,6,8,10-12H,5,7,9,13-14H2,1-2H3. The van der Waals surface area contributed by atoms with E-state index in [9.17, 15) is 13.2 Å². The van der Waals surface area contributed by atoms with Crippen molar-refractivity contribution in [1.29, 1.82) is 0 Å². The summed E-state index contributed by atoms with van der Waals surface area (Å²) in [6.07, 6.45) is 1.79. The third-order valence-electron chi connectivity index (χ3n) is 4.42. The maximum absolute atomic E-state index is 12.6. The number of benzene rings is 2. The number of carbonyl (C=O) groups is 1. The van der Waals surface area contributed by atoms with Crippen molar-refractivity contribution < 1.29 is 13.2 Å². The number of hydrogen-bond donors (Lipinski definition) is 0. The lowest BCUT2D eigenvalue weighted by Crippen LogP contribution is -2.39. The Morgan fingerprint density at radius 3 is 2.48 bits per heavy atom. The lowest BCUT2D eigenvalue weighted by molar-refractivity contribution is -0.116. The largest absolute Gasteiger partial charge is 0.311 e. The normalized spacial score (nSPS) is 14.2. The molecule has 1 aliphatic rings. The van der Waals surface area contributed by atoms with E-state index in [1.807, 2.05) is 56.3 Å². The van der Waals surface area contributed by atoms with Gasteiger partial charge in [-0.1, -0.05) is 47.5 Å². The number of rotatable bonds is 4. The van der Waals surface area contributed by atoms with Crippen LogP contribution in [0.25, 0.3) is 0 Å². The van der Waals surface area contributed by atoms with Crippen molar-refractivity contribution >= 4 is 21.4 Å². The molecule has 25 heavy (non-hydrogen) atoms. The van der Waals surface area contributed by atoms with E-state index < -0.39 is 15.6 Å². The monoisotopic (exact) mass is 357 g/mol. The molecule has 2 aromatic rings. The number of sulfone groups is 1. The molecule has 0 unspecified atom stereocenters. The number of nitrogens with zero attached hydrogens (tertiary/aromatic N) is 1. The van der Waals surface area contributed by atoms with Crippen LogP contribution in [0.5, 0.6) is 0 Å². The molecule has 4 nitrogen and oxygen atoms in total. The van der Waals surface area contributed by atoms with Crippen LogP contribution in [0.1, 0.15) is 28.7 Å². The van der Waals surface area contributed by atoms with Crippen molar-refractivity contribution in [3.05, 3.63) is 64.7 Å². The maximum atomic E-state index is 12.6. The zero-order chi connectivity index (χ0) is 18.0. The Balaban J connectivity index is 1.76. The first kappa shape index (κ1) is 17.7. The third kappa shape index (κ3) is 4.28. The molecular formula is C20H23NO3S. The van der Waals surface area contributed by atoms with Gasteiger partial charge in [0.1, 0.15) is 5.75 Å². The second kappa shape index (κ2) is 7.00. The molecule has 132 valence electrons. The Bertz CT molecular complexity index is 883. The van der Waals surface area contributed by atoms with Gasteiger partial charge in [0, 0.05) is 12.2 Å². The molecule has 0 saturated heterocycles. The van der Waals surface area contributed by atoms with E-state index in [-0.39, 0.29) is 11.7 Å². The van der Waals surface area contributed by atoms with Crippen LogP contribution in [0, 0.1) is 13.8 Å². The van der Waals surface area contributed by atoms with Gasteiger partial charge < -0.3 is 4.90 Å². The van der Waals surface area contributed by atoms with Crippen LogP contribution in [0.2, 0.25) is 0 Å². The molecule has 0 N–H and O–H groups in total. The minimum atomic E-state index is -3.51. The van der Waals surface area contributed by atoms with Crippen LogP contribution in [-0.4, -0.2) is 26.6 Å². The van der Waals surface area contributed by atoms with Gasteiger partial charge in [-0.15, -0.1) is 0 Å². The molecule has 0 saturated carbocycles. The van der Waals surface area contributed by atoms with Gasteiger partial charge in [0.2, 0.25) is 5.91 Å². The summed E-state index contributed by atoms with van der Waals surface area (Å²) in [6, 6.07) is 13.5. The van der Waals surface area contributed by atoms with E-state index in [4.69, 9.17) is 0 Å². The van der Waals surface area contributed by atoms with Crippen molar-refractivity contribution in [2.75, 3.05) is 17.2 Å². The number of anilines is 1. The highest BCUT2D eigenvalue weighted by atomic mass is 32.2. The van der Waals surface area contributed by atoms with Crippen LogP contribution in [0.15, 0.2) is 42.5 Å². The molecule has 0 aliphatic carbocycles. The third-order valence-corrected chi connectivity index (χ3v) is 5.88. The van der Waals surface area contributed by atoms with E-state index >= 15 is 0 Å². The second-order valence-corrected chi connectivity index (χ2v) is 8.87. The predicted molar refractivity (Wildman–Crippen MR) is 101 cm³/mol. The predicted octanol–water partition coefficient (Wildman–Crippen LogP) is 3.20. The summed E-state index contributed by atoms with van der Waals surface area (Å²) < 4.78 is 25.1. The van der Waals surface area contributed by atoms with Crippen molar-refractivity contribution in [1.82, 2.24) is 0 Å². The number of amides is 1. The average molecular weight is 357 g/mol. The highest BCUT2D eigenvalue weighted by molar-refractivity contribution is 7.91. The fourth-order valence-corrected chi connectivity index (χ4v) is 4.82. The van der Waals surface area contributed by atoms with E-state index in [1.54, 1.807) is 4.90 Å². The lowest BCUT2D eigenvalue weighted by atomic mass is 10.0. The van der Waals surface area contributed by atoms with E-state index in [0.717, 1.165) is 40.8 Å². The van der Waals surface area contributed by atoms with E-state index in [2.05, 4.69) is 0 Å². The first-order valence-electron chi connectivity index (χ1n) is 8.50. The number of hydrogen-bond acceptors (Lipinski definition) is 3. The zero-order valence-corrected chi connectivity index (χ0v) is 15.5. The summed E-state index contributed by atoms with van der Waals surface area (Å²) in [4.78, 5) is 14.3. The Labute approximate surface area is 149 Å². The molecule has 0 radical (unpaired) electrons. The number of fused-ring (bicyclic) bond motifs is 1. The number of aryl methyl sites for hydroxylation is 3. The molecule has 0 fully saturated rings. The van der Waals surface area contributed by atoms with Crippen LogP contribution in [0.3, 0.4) is 0 Å². The maximum Gasteiger partial charge on any atom is 0.242 e. The Hall–Kier alpha value is -2.14. The van der Waals surface area contributed by atoms with Gasteiger partial charge in [0.15, 0.2) is 9.84 Å². The molecule has 1 amide bonds. The van der Waals surface area contributed by atoms with Crippen molar-refractivity contribution in [2.24, 2.45) is 0 Å². The van der Waals surface area contributed by atoms with Gasteiger partial charge in [0.25, 0.3) is 0 Å². The molecule has 0 spiro atoms. The Kier molecular flexibility index (Phi) is 4.95. The molecule has 1 heterocycles. The highest BCUT2D eigenvalue weighted by Gasteiger charge is 2.26. The summed E-state index contributed by atoms with van der Waals surface area (Å²) in [5.74, 6) is -0.887. The summed E-state index contributed by atoms with van der Waals surface area (Å²) in [7, 11) is -3.51. The van der Waals surface area contributed by atoms with Crippen LogP contribution < -0.4 is 4.90 Å². The summed E-state index contributed by atoms with van der Waals surface area (Å²) in [5.41, 5.74) is 4.75. The SMILES string of the molecule is Cc1cc(C)cc(CS(=O)(=O)CC(=O)N2CCCc3ccccc32)c1. The lowest BCUT2D eigenvalue weighted by Gasteiger charge is -2.29. The van der Waals surface area contributed by atoms with Gasteiger partial charge in [-0.2, -0.15) is 0 Å². The van der Waals surface area contributed by atoms with E-state index in [1.165, 1.54) is 0 Å². The topological polar surface area (TPSA) is 54.5 Å². The summed E-state index contributed by atoms with van der Waals surface area (Å²) in [5, 5.41) is 0. The van der Waals surface area contributed by atoms with Crippen molar-refractivity contribution in [2.45, 2.75) is 32.4 Å². The fraction of sp³-hybridized carbons (Fsp3) is 0.350. The van der Waals surface area contributed by atoms with Crippen molar-refractivity contribution in [3.8, 4) is 0 Å². The fourth-order valence-electron chi connectivity index (χ4n) is 3.52. The zero-order valence-electron chi connectivity index (χ0n) is 14.7. The first-order chi connectivity index (χ1) is 11.8. The minimum absolute atomic E-state index is 0.100. The summed E-state index contributed by atoms with van der Waals surface area (Å²) >= 11 is 0. The summed E-state index contributed by atoms with van der Waals surface area (Å²) in [6.45, 7) is 4.47. The number of carbonyl (C=O) groups excluding carboxylic acids is 1. The molecule has 5 heteroatoms. The van der Waals surface area contributed by atoms with Crippen LogP contribution in [-0.2, 0) is 26.8 Å².